The molecule has 0 aliphatic heterocycles. The Morgan fingerprint density at radius 3 is 2.77 bits per heavy atom. The summed E-state index contributed by atoms with van der Waals surface area (Å²) >= 11 is 1.52. The molecule has 4 heteroatoms. The van der Waals surface area contributed by atoms with E-state index in [1.54, 1.807) is 11.9 Å². The fourth-order valence-electron chi connectivity index (χ4n) is 0.778. The number of nitrogens with one attached hydrogen (secondary N) is 1. The van der Waals surface area contributed by atoms with Gasteiger partial charge in [-0.05, 0) is 31.4 Å². The zero-order chi connectivity index (χ0) is 9.84. The second kappa shape index (κ2) is 4.28. The van der Waals surface area contributed by atoms with E-state index in [1.165, 1.54) is 11.3 Å². The second-order valence-electron chi connectivity index (χ2n) is 3.11. The molecule has 1 aromatic rings. The van der Waals surface area contributed by atoms with Gasteiger partial charge in [-0.3, -0.25) is 5.32 Å². The van der Waals surface area contributed by atoms with Crippen LogP contribution in [0.25, 0.3) is 0 Å². The minimum absolute atomic E-state index is 0.0579. The molecule has 0 radical (unpaired) electrons. The highest BCUT2D eigenvalue weighted by atomic mass is 32.1. The minimum atomic E-state index is -0.0579. The van der Waals surface area contributed by atoms with Crippen molar-refractivity contribution in [1.29, 1.82) is 0 Å². The Bertz CT molecular complexity index is 269. The molecule has 0 fully saturated rings. The SMILES string of the molecule is CC(C)N(C)C(=O)Nc1cccs1. The van der Waals surface area contributed by atoms with E-state index >= 15 is 0 Å². The Morgan fingerprint density at radius 1 is 1.62 bits per heavy atom. The van der Waals surface area contributed by atoms with Crippen LogP contribution in [0.4, 0.5) is 9.80 Å². The second-order valence-corrected chi connectivity index (χ2v) is 4.06. The van der Waals surface area contributed by atoms with Crippen molar-refractivity contribution in [3.63, 3.8) is 0 Å². The first-order chi connectivity index (χ1) is 6.11. The zero-order valence-corrected chi connectivity index (χ0v) is 8.89. The van der Waals surface area contributed by atoms with Crippen LogP contribution in [0.15, 0.2) is 17.5 Å². The molecule has 0 saturated heterocycles. The van der Waals surface area contributed by atoms with Gasteiger partial charge in [-0.25, -0.2) is 4.79 Å². The van der Waals surface area contributed by atoms with Gasteiger partial charge < -0.3 is 4.90 Å². The molecular weight excluding hydrogens is 184 g/mol. The smallest absolute Gasteiger partial charge is 0.322 e. The Balaban J connectivity index is 2.51. The monoisotopic (exact) mass is 198 g/mol. The van der Waals surface area contributed by atoms with E-state index in [0.29, 0.717) is 0 Å². The van der Waals surface area contributed by atoms with Gasteiger partial charge in [0.15, 0.2) is 0 Å². The van der Waals surface area contributed by atoms with E-state index in [9.17, 15) is 4.79 Å². The first-order valence-electron chi connectivity index (χ1n) is 4.18. The molecule has 0 atom stereocenters. The van der Waals surface area contributed by atoms with E-state index < -0.39 is 0 Å². The van der Waals surface area contributed by atoms with Crippen LogP contribution in [0, 0.1) is 0 Å². The predicted octanol–water partition coefficient (Wildman–Crippen LogP) is 2.62. The maximum atomic E-state index is 11.5. The molecule has 0 bridgehead atoms. The maximum absolute atomic E-state index is 11.5. The minimum Gasteiger partial charge on any atom is -0.325 e. The van der Waals surface area contributed by atoms with Gasteiger partial charge >= 0.3 is 6.03 Å². The molecule has 3 nitrogen and oxygen atoms in total. The van der Waals surface area contributed by atoms with Crippen molar-refractivity contribution in [3.05, 3.63) is 17.5 Å². The molecule has 0 unspecified atom stereocenters. The van der Waals surface area contributed by atoms with Crippen LogP contribution >= 0.6 is 11.3 Å². The van der Waals surface area contributed by atoms with Crippen LogP contribution in [0.2, 0.25) is 0 Å². The molecule has 0 aliphatic carbocycles. The maximum Gasteiger partial charge on any atom is 0.322 e. The van der Waals surface area contributed by atoms with Crippen molar-refractivity contribution in [2.45, 2.75) is 19.9 Å². The Labute approximate surface area is 82.4 Å². The van der Waals surface area contributed by atoms with Gasteiger partial charge in [0.1, 0.15) is 0 Å². The number of carbonyl (C=O) groups excluding carboxylic acids is 1. The summed E-state index contributed by atoms with van der Waals surface area (Å²) in [6.07, 6.45) is 0. The van der Waals surface area contributed by atoms with E-state index in [1.807, 2.05) is 31.4 Å². The number of rotatable bonds is 2. The molecule has 1 aromatic heterocycles. The number of nitrogens with zero attached hydrogens (tertiary/aromatic N) is 1. The lowest BCUT2D eigenvalue weighted by Crippen LogP contribution is -2.36. The van der Waals surface area contributed by atoms with Crippen molar-refractivity contribution in [2.24, 2.45) is 0 Å². The molecule has 1 N–H and O–H groups in total. The van der Waals surface area contributed by atoms with Crippen molar-refractivity contribution in [3.8, 4) is 0 Å². The van der Waals surface area contributed by atoms with Gasteiger partial charge in [0.25, 0.3) is 0 Å². The van der Waals surface area contributed by atoms with Crippen molar-refractivity contribution in [1.82, 2.24) is 4.90 Å². The van der Waals surface area contributed by atoms with Crippen LogP contribution in [-0.2, 0) is 0 Å². The summed E-state index contributed by atoms with van der Waals surface area (Å²) < 4.78 is 0. The van der Waals surface area contributed by atoms with E-state index in [-0.39, 0.29) is 12.1 Å². The quantitative estimate of drug-likeness (QED) is 0.778. The highest BCUT2D eigenvalue weighted by Gasteiger charge is 2.11. The van der Waals surface area contributed by atoms with E-state index in [2.05, 4.69) is 5.32 Å². The van der Waals surface area contributed by atoms with Gasteiger partial charge in [-0.15, -0.1) is 11.3 Å². The Kier molecular flexibility index (Phi) is 3.31. The number of carbonyl (C=O) groups is 1. The van der Waals surface area contributed by atoms with Gasteiger partial charge in [0.05, 0.1) is 5.00 Å². The molecule has 1 rings (SSSR count). The van der Waals surface area contributed by atoms with Crippen LogP contribution in [0.5, 0.6) is 0 Å². The van der Waals surface area contributed by atoms with Gasteiger partial charge in [0, 0.05) is 13.1 Å². The van der Waals surface area contributed by atoms with Gasteiger partial charge in [0.2, 0.25) is 0 Å². The van der Waals surface area contributed by atoms with Gasteiger partial charge in [-0.1, -0.05) is 0 Å². The molecule has 2 amide bonds. The van der Waals surface area contributed by atoms with E-state index in [0.717, 1.165) is 5.00 Å². The number of hydrogen-bond acceptors (Lipinski definition) is 2. The summed E-state index contributed by atoms with van der Waals surface area (Å²) in [6.45, 7) is 3.96. The Morgan fingerprint density at radius 2 is 2.31 bits per heavy atom. The first-order valence-corrected chi connectivity index (χ1v) is 5.06. The lowest BCUT2D eigenvalue weighted by atomic mass is 10.4. The zero-order valence-electron chi connectivity index (χ0n) is 8.07. The normalized spacial score (nSPS) is 10.2. The first kappa shape index (κ1) is 10.1. The number of urea groups is 1. The lowest BCUT2D eigenvalue weighted by Gasteiger charge is -2.21. The summed E-state index contributed by atoms with van der Waals surface area (Å²) in [5, 5.41) is 5.63. The summed E-state index contributed by atoms with van der Waals surface area (Å²) in [7, 11) is 1.79. The van der Waals surface area contributed by atoms with Crippen LogP contribution in [0.1, 0.15) is 13.8 Å². The van der Waals surface area contributed by atoms with Crippen molar-refractivity contribution in [2.75, 3.05) is 12.4 Å². The molecule has 0 spiro atoms. The van der Waals surface area contributed by atoms with Crippen LogP contribution < -0.4 is 5.32 Å². The molecule has 0 aliphatic rings. The molecule has 1 heterocycles. The summed E-state index contributed by atoms with van der Waals surface area (Å²) in [6, 6.07) is 3.96. The highest BCUT2D eigenvalue weighted by molar-refractivity contribution is 7.14. The number of amides is 2. The topological polar surface area (TPSA) is 32.3 Å². The van der Waals surface area contributed by atoms with Crippen LogP contribution in [0.3, 0.4) is 0 Å². The van der Waals surface area contributed by atoms with Crippen molar-refractivity contribution >= 4 is 22.4 Å². The van der Waals surface area contributed by atoms with Crippen molar-refractivity contribution < 1.29 is 4.79 Å². The van der Waals surface area contributed by atoms with E-state index in [4.69, 9.17) is 0 Å². The standard InChI is InChI=1S/C9H14N2OS/c1-7(2)11(3)9(12)10-8-5-4-6-13-8/h4-7H,1-3H3,(H,10,12). The average Bonchev–Trinajstić information content (AvgIpc) is 2.55. The molecule has 0 saturated carbocycles. The summed E-state index contributed by atoms with van der Waals surface area (Å²) in [5.41, 5.74) is 0. The Hall–Kier alpha value is -1.03. The number of anilines is 1. The lowest BCUT2D eigenvalue weighted by molar-refractivity contribution is 0.211. The third-order valence-corrected chi connectivity index (χ3v) is 2.63. The summed E-state index contributed by atoms with van der Waals surface area (Å²) in [4.78, 5) is 13.1. The number of thiophene rings is 1. The fourth-order valence-corrected chi connectivity index (χ4v) is 1.38. The van der Waals surface area contributed by atoms with Crippen LogP contribution in [-0.4, -0.2) is 24.0 Å². The molecule has 13 heavy (non-hydrogen) atoms. The molecule has 72 valence electrons. The third-order valence-electron chi connectivity index (χ3n) is 1.85. The average molecular weight is 198 g/mol. The largest absolute Gasteiger partial charge is 0.325 e. The summed E-state index contributed by atoms with van der Waals surface area (Å²) in [5.74, 6) is 0. The fraction of sp³-hybridized carbons (Fsp3) is 0.444. The highest BCUT2D eigenvalue weighted by Crippen LogP contribution is 2.15. The predicted molar refractivity (Wildman–Crippen MR) is 56.2 cm³/mol. The third kappa shape index (κ3) is 2.73. The number of hydrogen-bond donors (Lipinski definition) is 1. The molecular formula is C9H14N2OS. The van der Waals surface area contributed by atoms with Gasteiger partial charge in [-0.2, -0.15) is 0 Å². The molecule has 0 aromatic carbocycles.